The summed E-state index contributed by atoms with van der Waals surface area (Å²) in [5.74, 6) is 1.14. The zero-order valence-electron chi connectivity index (χ0n) is 17.4. The molecule has 6 heteroatoms. The molecule has 0 aliphatic heterocycles. The highest BCUT2D eigenvalue weighted by Crippen LogP contribution is 2.26. The highest BCUT2D eigenvalue weighted by Gasteiger charge is 2.18. The van der Waals surface area contributed by atoms with Crippen LogP contribution in [0.4, 0.5) is 0 Å². The smallest absolute Gasteiger partial charge is 0.375 e. The summed E-state index contributed by atoms with van der Waals surface area (Å²) in [4.78, 5) is 0. The number of hydrogen-bond acceptors (Lipinski definition) is 4. The lowest BCUT2D eigenvalue weighted by atomic mass is 9.72. The number of phenols is 2. The predicted molar refractivity (Wildman–Crippen MR) is 132 cm³/mol. The van der Waals surface area contributed by atoms with E-state index in [9.17, 15) is 10.2 Å². The van der Waals surface area contributed by atoms with Crippen LogP contribution in [0, 0.1) is 0 Å². The van der Waals surface area contributed by atoms with E-state index in [4.69, 9.17) is 9.31 Å². The Morgan fingerprint density at radius 1 is 0.438 bits per heavy atom. The van der Waals surface area contributed by atoms with Crippen molar-refractivity contribution in [3.8, 4) is 23.0 Å². The molecule has 0 aliphatic carbocycles. The molecule has 2 N–H and O–H groups in total. The summed E-state index contributed by atoms with van der Waals surface area (Å²) >= 11 is 0. The molecule has 32 heavy (non-hydrogen) atoms. The summed E-state index contributed by atoms with van der Waals surface area (Å²) in [6.45, 7) is 0. The minimum Gasteiger partial charge on any atom is -0.557 e. The molecular formula is C26H20B2O4. The van der Waals surface area contributed by atoms with Crippen molar-refractivity contribution in [2.24, 2.45) is 0 Å². The maximum absolute atomic E-state index is 10.1. The second kappa shape index (κ2) is 8.60. The van der Waals surface area contributed by atoms with Gasteiger partial charge in [0.2, 0.25) is 0 Å². The third-order valence-corrected chi connectivity index (χ3v) is 5.63. The van der Waals surface area contributed by atoms with E-state index >= 15 is 0 Å². The molecule has 0 saturated heterocycles. The molecule has 0 bridgehead atoms. The zero-order valence-corrected chi connectivity index (χ0v) is 17.4. The van der Waals surface area contributed by atoms with Crippen LogP contribution in [0.3, 0.4) is 0 Å². The van der Waals surface area contributed by atoms with Crippen LogP contribution in [0.2, 0.25) is 0 Å². The maximum atomic E-state index is 10.1. The molecule has 0 spiro atoms. The summed E-state index contributed by atoms with van der Waals surface area (Å²) in [6.07, 6.45) is 0. The Labute approximate surface area is 187 Å². The minimum absolute atomic E-state index is 0.119. The van der Waals surface area contributed by atoms with Crippen molar-refractivity contribution >= 4 is 47.4 Å². The fraction of sp³-hybridized carbons (Fsp3) is 0. The summed E-state index contributed by atoms with van der Waals surface area (Å²) in [6, 6.07) is 30.3. The predicted octanol–water partition coefficient (Wildman–Crippen LogP) is 3.52. The van der Waals surface area contributed by atoms with Gasteiger partial charge >= 0.3 is 15.0 Å². The highest BCUT2D eigenvalue weighted by atomic mass is 16.4. The number of aromatic hydroxyl groups is 2. The summed E-state index contributed by atoms with van der Waals surface area (Å²) in [7, 11) is 0.637. The normalized spacial score (nSPS) is 10.8. The first kappa shape index (κ1) is 19.9. The molecule has 154 valence electrons. The van der Waals surface area contributed by atoms with Crippen LogP contribution in [-0.2, 0) is 0 Å². The van der Waals surface area contributed by atoms with Crippen LogP contribution < -0.4 is 20.2 Å². The third kappa shape index (κ3) is 3.71. The van der Waals surface area contributed by atoms with E-state index in [1.165, 1.54) is 0 Å². The van der Waals surface area contributed by atoms with E-state index < -0.39 is 0 Å². The van der Waals surface area contributed by atoms with Gasteiger partial charge in [0.25, 0.3) is 0 Å². The van der Waals surface area contributed by atoms with Crippen molar-refractivity contribution in [2.45, 2.75) is 0 Å². The summed E-state index contributed by atoms with van der Waals surface area (Å²) in [5, 5.41) is 24.5. The minimum atomic E-state index is 0.119. The lowest BCUT2D eigenvalue weighted by Crippen LogP contribution is -2.29. The standard InChI is InChI=1S/C26H20B2O4/c29-21-13-5-7-15-23(21)31-27-25-17-9-1-2-10-18(17)26(20-12-4-3-11-19(20)25)28-32-24-16-8-6-14-22(24)30/h1-16,27-30H. The van der Waals surface area contributed by atoms with Crippen LogP contribution in [0.5, 0.6) is 23.0 Å². The third-order valence-electron chi connectivity index (χ3n) is 5.63. The van der Waals surface area contributed by atoms with E-state index in [0.717, 1.165) is 32.5 Å². The first-order valence-electron chi connectivity index (χ1n) is 10.4. The molecule has 0 saturated carbocycles. The van der Waals surface area contributed by atoms with Gasteiger partial charge in [0.05, 0.1) is 0 Å². The molecule has 0 aliphatic rings. The molecule has 0 fully saturated rings. The van der Waals surface area contributed by atoms with E-state index in [1.54, 1.807) is 36.4 Å². The fourth-order valence-electron chi connectivity index (χ4n) is 4.08. The van der Waals surface area contributed by atoms with E-state index in [0.29, 0.717) is 26.5 Å². The van der Waals surface area contributed by atoms with Gasteiger partial charge in [-0.2, -0.15) is 0 Å². The number of fused-ring (bicyclic) bond motifs is 2. The zero-order chi connectivity index (χ0) is 21.9. The van der Waals surface area contributed by atoms with Crippen LogP contribution in [0.15, 0.2) is 97.1 Å². The molecule has 0 aromatic heterocycles. The first-order valence-corrected chi connectivity index (χ1v) is 10.4. The SMILES string of the molecule is Oc1ccccc1OBc1c2ccccc2c(BOc2ccccc2O)c2ccccc12. The lowest BCUT2D eigenvalue weighted by molar-refractivity contribution is 0.444. The van der Waals surface area contributed by atoms with Crippen LogP contribution >= 0.6 is 0 Å². The average molecular weight is 418 g/mol. The van der Waals surface area contributed by atoms with E-state index in [2.05, 4.69) is 24.3 Å². The molecule has 0 atom stereocenters. The van der Waals surface area contributed by atoms with Crippen LogP contribution in [0.25, 0.3) is 21.5 Å². The quantitative estimate of drug-likeness (QED) is 0.328. The Hall–Kier alpha value is -4.05. The summed E-state index contributed by atoms with van der Waals surface area (Å²) < 4.78 is 12.0. The highest BCUT2D eigenvalue weighted by molar-refractivity contribution is 6.63. The largest absolute Gasteiger partial charge is 0.557 e. The monoisotopic (exact) mass is 418 g/mol. The molecular weight excluding hydrogens is 398 g/mol. The van der Waals surface area contributed by atoms with Gasteiger partial charge in [-0.1, -0.05) is 72.8 Å². The van der Waals surface area contributed by atoms with Gasteiger partial charge in [-0.3, -0.25) is 0 Å². The molecule has 4 nitrogen and oxygen atoms in total. The second-order valence-corrected chi connectivity index (χ2v) is 7.56. The molecule has 0 radical (unpaired) electrons. The van der Waals surface area contributed by atoms with Crippen molar-refractivity contribution in [3.05, 3.63) is 97.1 Å². The Morgan fingerprint density at radius 3 is 1.09 bits per heavy atom. The average Bonchev–Trinajstić information content (AvgIpc) is 2.83. The van der Waals surface area contributed by atoms with Crippen molar-refractivity contribution in [3.63, 3.8) is 0 Å². The van der Waals surface area contributed by atoms with E-state index in [1.807, 2.05) is 36.4 Å². The van der Waals surface area contributed by atoms with Gasteiger partial charge in [-0.15, -0.1) is 0 Å². The van der Waals surface area contributed by atoms with Crippen LogP contribution in [0.1, 0.15) is 0 Å². The number of hydrogen-bond donors (Lipinski definition) is 2. The van der Waals surface area contributed by atoms with Crippen molar-refractivity contribution in [1.82, 2.24) is 0 Å². The molecule has 0 amide bonds. The van der Waals surface area contributed by atoms with Gasteiger partial charge in [-0.05, 0) is 56.7 Å². The number of rotatable bonds is 6. The van der Waals surface area contributed by atoms with Gasteiger partial charge in [0.1, 0.15) is 11.5 Å². The van der Waals surface area contributed by atoms with Crippen LogP contribution in [-0.4, -0.2) is 25.2 Å². The maximum Gasteiger partial charge on any atom is 0.375 e. The van der Waals surface area contributed by atoms with Crippen molar-refractivity contribution in [2.75, 3.05) is 0 Å². The van der Waals surface area contributed by atoms with E-state index in [-0.39, 0.29) is 11.5 Å². The van der Waals surface area contributed by atoms with Gasteiger partial charge in [-0.25, -0.2) is 0 Å². The molecule has 5 aromatic rings. The Bertz CT molecular complexity index is 1250. The molecule has 0 heterocycles. The lowest BCUT2D eigenvalue weighted by Gasteiger charge is -2.17. The number of para-hydroxylation sites is 4. The summed E-state index contributed by atoms with van der Waals surface area (Å²) in [5.41, 5.74) is 2.09. The number of phenolic OH excluding ortho intramolecular Hbond substituents is 2. The Balaban J connectivity index is 1.60. The Morgan fingerprint density at radius 2 is 0.750 bits per heavy atom. The topological polar surface area (TPSA) is 58.9 Å². The Kier molecular flexibility index (Phi) is 5.34. The van der Waals surface area contributed by atoms with Gasteiger partial charge < -0.3 is 19.5 Å². The molecule has 5 aromatic carbocycles. The number of benzene rings is 5. The van der Waals surface area contributed by atoms with Crippen molar-refractivity contribution < 1.29 is 19.5 Å². The van der Waals surface area contributed by atoms with Crippen molar-refractivity contribution in [1.29, 1.82) is 0 Å². The first-order chi connectivity index (χ1) is 15.7. The van der Waals surface area contributed by atoms with Gasteiger partial charge in [0.15, 0.2) is 11.5 Å². The molecule has 5 rings (SSSR count). The fourth-order valence-corrected chi connectivity index (χ4v) is 4.08. The second-order valence-electron chi connectivity index (χ2n) is 7.56. The molecule has 0 unspecified atom stereocenters. The van der Waals surface area contributed by atoms with Gasteiger partial charge in [0, 0.05) is 0 Å².